The largest absolute Gasteiger partial charge is 0.492 e. The third-order valence-corrected chi connectivity index (χ3v) is 6.66. The lowest BCUT2D eigenvalue weighted by Crippen LogP contribution is -2.53. The van der Waals surface area contributed by atoms with Crippen LogP contribution in [0.2, 0.25) is 0 Å². The summed E-state index contributed by atoms with van der Waals surface area (Å²) in [5.74, 6) is -0.315. The Morgan fingerprint density at radius 1 is 1.00 bits per heavy atom. The first-order valence-electron chi connectivity index (χ1n) is 12.0. The number of rotatable bonds is 14. The van der Waals surface area contributed by atoms with E-state index in [9.17, 15) is 18.0 Å². The molecule has 0 aliphatic heterocycles. The van der Waals surface area contributed by atoms with E-state index in [-0.39, 0.29) is 18.1 Å². The summed E-state index contributed by atoms with van der Waals surface area (Å²) < 4.78 is 32.2. The highest BCUT2D eigenvalue weighted by Gasteiger charge is 2.32. The Labute approximate surface area is 209 Å². The van der Waals surface area contributed by atoms with Gasteiger partial charge in [-0.1, -0.05) is 56.3 Å². The molecule has 35 heavy (non-hydrogen) atoms. The molecule has 2 aromatic rings. The van der Waals surface area contributed by atoms with E-state index in [1.807, 2.05) is 44.2 Å². The van der Waals surface area contributed by atoms with E-state index in [1.54, 1.807) is 31.2 Å². The minimum absolute atomic E-state index is 0.239. The molecule has 0 aliphatic rings. The standard InChI is InChI=1S/C26H37N3O5S/c1-5-18-27-26(31)22(6-2)28(19-17-21-13-9-8-10-14-21)25(30)20-29(35(4,32)33)23-15-11-12-16-24(23)34-7-3/h8-16,22H,5-7,17-20H2,1-4H3,(H,27,31)/t22-/m1/s1. The number of ether oxygens (including phenoxy) is 1. The number of hydrogen-bond acceptors (Lipinski definition) is 5. The molecular formula is C26H37N3O5S. The van der Waals surface area contributed by atoms with Crippen molar-refractivity contribution in [3.63, 3.8) is 0 Å². The molecule has 192 valence electrons. The molecule has 2 rings (SSSR count). The van der Waals surface area contributed by atoms with Crippen molar-refractivity contribution in [1.29, 1.82) is 0 Å². The first-order valence-corrected chi connectivity index (χ1v) is 13.9. The van der Waals surface area contributed by atoms with Crippen LogP contribution in [0.4, 0.5) is 5.69 Å². The second-order valence-corrected chi connectivity index (χ2v) is 10.1. The van der Waals surface area contributed by atoms with Crippen molar-refractivity contribution in [3.05, 3.63) is 60.2 Å². The fourth-order valence-electron chi connectivity index (χ4n) is 3.80. The van der Waals surface area contributed by atoms with E-state index >= 15 is 0 Å². The summed E-state index contributed by atoms with van der Waals surface area (Å²) in [4.78, 5) is 28.1. The van der Waals surface area contributed by atoms with Crippen LogP contribution in [0.25, 0.3) is 0 Å². The molecule has 0 fully saturated rings. The van der Waals surface area contributed by atoms with Gasteiger partial charge in [-0.05, 0) is 43.9 Å². The molecule has 0 radical (unpaired) electrons. The second kappa shape index (κ2) is 13.7. The number of amides is 2. The van der Waals surface area contributed by atoms with Gasteiger partial charge in [0, 0.05) is 13.1 Å². The highest BCUT2D eigenvalue weighted by molar-refractivity contribution is 7.92. The number of hydrogen-bond donors (Lipinski definition) is 1. The lowest BCUT2D eigenvalue weighted by molar-refractivity contribution is -0.139. The van der Waals surface area contributed by atoms with E-state index < -0.39 is 28.5 Å². The maximum absolute atomic E-state index is 13.6. The van der Waals surface area contributed by atoms with Gasteiger partial charge in [0.05, 0.1) is 18.6 Å². The molecule has 1 atom stereocenters. The Morgan fingerprint density at radius 3 is 2.26 bits per heavy atom. The lowest BCUT2D eigenvalue weighted by Gasteiger charge is -2.33. The van der Waals surface area contributed by atoms with Crippen molar-refractivity contribution in [2.75, 3.05) is 36.8 Å². The average molecular weight is 504 g/mol. The minimum atomic E-state index is -3.82. The first-order chi connectivity index (χ1) is 16.7. The quantitative estimate of drug-likeness (QED) is 0.427. The number of benzene rings is 2. The van der Waals surface area contributed by atoms with Gasteiger partial charge in [0.1, 0.15) is 18.3 Å². The minimum Gasteiger partial charge on any atom is -0.492 e. The van der Waals surface area contributed by atoms with Gasteiger partial charge < -0.3 is 15.0 Å². The van der Waals surface area contributed by atoms with E-state index in [0.717, 1.165) is 22.5 Å². The number of carbonyl (C=O) groups excluding carboxylic acids is 2. The Balaban J connectivity index is 2.39. The zero-order valence-corrected chi connectivity index (χ0v) is 21.9. The Bertz CT molecular complexity index is 1060. The third-order valence-electron chi connectivity index (χ3n) is 5.53. The molecule has 0 bridgehead atoms. The molecular weight excluding hydrogens is 466 g/mol. The number of carbonyl (C=O) groups is 2. The topological polar surface area (TPSA) is 96.0 Å². The Hall–Kier alpha value is -3.07. The molecule has 0 saturated heterocycles. The number of nitrogens with zero attached hydrogens (tertiary/aromatic N) is 2. The van der Waals surface area contributed by atoms with Crippen LogP contribution in [-0.2, 0) is 26.0 Å². The van der Waals surface area contributed by atoms with E-state index in [2.05, 4.69) is 5.32 Å². The predicted octanol–water partition coefficient (Wildman–Crippen LogP) is 3.23. The lowest BCUT2D eigenvalue weighted by atomic mass is 10.1. The van der Waals surface area contributed by atoms with Gasteiger partial charge in [0.15, 0.2) is 0 Å². The van der Waals surface area contributed by atoms with Gasteiger partial charge in [-0.3, -0.25) is 13.9 Å². The molecule has 8 nitrogen and oxygen atoms in total. The van der Waals surface area contributed by atoms with Crippen molar-refractivity contribution in [2.24, 2.45) is 0 Å². The summed E-state index contributed by atoms with van der Waals surface area (Å²) in [5.41, 5.74) is 1.31. The fraction of sp³-hybridized carbons (Fsp3) is 0.462. The van der Waals surface area contributed by atoms with Crippen LogP contribution < -0.4 is 14.4 Å². The van der Waals surface area contributed by atoms with Crippen LogP contribution in [0.1, 0.15) is 39.2 Å². The summed E-state index contributed by atoms with van der Waals surface area (Å²) in [5, 5.41) is 2.87. The smallest absolute Gasteiger partial charge is 0.244 e. The van der Waals surface area contributed by atoms with Gasteiger partial charge in [-0.15, -0.1) is 0 Å². The maximum atomic E-state index is 13.6. The zero-order valence-electron chi connectivity index (χ0n) is 21.1. The molecule has 0 saturated carbocycles. The van der Waals surface area contributed by atoms with E-state index in [0.29, 0.717) is 31.7 Å². The van der Waals surface area contributed by atoms with Crippen LogP contribution in [0.3, 0.4) is 0 Å². The normalized spacial score (nSPS) is 12.0. The van der Waals surface area contributed by atoms with Crippen molar-refractivity contribution >= 4 is 27.5 Å². The predicted molar refractivity (Wildman–Crippen MR) is 139 cm³/mol. The van der Waals surface area contributed by atoms with E-state index in [4.69, 9.17) is 4.74 Å². The number of sulfonamides is 1. The molecule has 0 aromatic heterocycles. The summed E-state index contributed by atoms with van der Waals surface area (Å²) in [7, 11) is -3.82. The summed E-state index contributed by atoms with van der Waals surface area (Å²) in [6.07, 6.45) is 2.78. The van der Waals surface area contributed by atoms with Crippen molar-refractivity contribution in [3.8, 4) is 5.75 Å². The summed E-state index contributed by atoms with van der Waals surface area (Å²) >= 11 is 0. The van der Waals surface area contributed by atoms with Crippen LogP contribution in [-0.4, -0.2) is 63.7 Å². The summed E-state index contributed by atoms with van der Waals surface area (Å²) in [6, 6.07) is 15.7. The molecule has 0 unspecified atom stereocenters. The van der Waals surface area contributed by atoms with Crippen LogP contribution in [0, 0.1) is 0 Å². The maximum Gasteiger partial charge on any atom is 0.244 e. The highest BCUT2D eigenvalue weighted by Crippen LogP contribution is 2.30. The SMILES string of the molecule is CCCNC(=O)[C@@H](CC)N(CCc1ccccc1)C(=O)CN(c1ccccc1OCC)S(C)(=O)=O. The molecule has 2 aromatic carbocycles. The third kappa shape index (κ3) is 8.28. The zero-order chi connectivity index (χ0) is 25.8. The summed E-state index contributed by atoms with van der Waals surface area (Å²) in [6.45, 7) is 6.31. The Morgan fingerprint density at radius 2 is 1.66 bits per heavy atom. The average Bonchev–Trinajstić information content (AvgIpc) is 2.84. The van der Waals surface area contributed by atoms with Crippen molar-refractivity contribution < 1.29 is 22.7 Å². The highest BCUT2D eigenvalue weighted by atomic mass is 32.2. The van der Waals surface area contributed by atoms with Gasteiger partial charge in [0.2, 0.25) is 21.8 Å². The first kappa shape index (κ1) is 28.2. The van der Waals surface area contributed by atoms with Gasteiger partial charge >= 0.3 is 0 Å². The second-order valence-electron chi connectivity index (χ2n) is 8.21. The van der Waals surface area contributed by atoms with Crippen molar-refractivity contribution in [2.45, 2.75) is 46.1 Å². The molecule has 0 heterocycles. The van der Waals surface area contributed by atoms with Crippen molar-refractivity contribution in [1.82, 2.24) is 10.2 Å². The number of para-hydroxylation sites is 2. The monoisotopic (exact) mass is 503 g/mol. The molecule has 9 heteroatoms. The number of anilines is 1. The van der Waals surface area contributed by atoms with Crippen LogP contribution in [0.5, 0.6) is 5.75 Å². The van der Waals surface area contributed by atoms with Gasteiger partial charge in [-0.2, -0.15) is 0 Å². The molecule has 0 aliphatic carbocycles. The van der Waals surface area contributed by atoms with Gasteiger partial charge in [0.25, 0.3) is 0 Å². The van der Waals surface area contributed by atoms with E-state index in [1.165, 1.54) is 4.90 Å². The van der Waals surface area contributed by atoms with Gasteiger partial charge in [-0.25, -0.2) is 8.42 Å². The van der Waals surface area contributed by atoms with Crippen LogP contribution in [0.15, 0.2) is 54.6 Å². The molecule has 2 amide bonds. The molecule has 1 N–H and O–H groups in total. The Kier molecular flexibility index (Phi) is 11.0. The number of nitrogens with one attached hydrogen (secondary N) is 1. The fourth-order valence-corrected chi connectivity index (χ4v) is 4.65. The molecule has 0 spiro atoms. The van der Waals surface area contributed by atoms with Crippen LogP contribution >= 0.6 is 0 Å².